The number of hydrogen-bond donors (Lipinski definition) is 1. The van der Waals surface area contributed by atoms with Crippen LogP contribution in [0.15, 0.2) is 48.5 Å². The van der Waals surface area contributed by atoms with Crippen molar-refractivity contribution in [3.63, 3.8) is 0 Å². The molecule has 2 aromatic carbocycles. The van der Waals surface area contributed by atoms with Crippen molar-refractivity contribution < 1.29 is 14.0 Å². The van der Waals surface area contributed by atoms with E-state index in [0.717, 1.165) is 0 Å². The van der Waals surface area contributed by atoms with Gasteiger partial charge in [0.2, 0.25) is 0 Å². The molecule has 0 spiro atoms. The van der Waals surface area contributed by atoms with E-state index in [1.807, 2.05) is 0 Å². The number of nitrogens with one attached hydrogen (secondary N) is 1. The van der Waals surface area contributed by atoms with Crippen molar-refractivity contribution in [3.8, 4) is 0 Å². The second-order valence-electron chi connectivity index (χ2n) is 4.12. The molecule has 3 nitrogen and oxygen atoms in total. The van der Waals surface area contributed by atoms with Crippen molar-refractivity contribution in [2.75, 3.05) is 6.54 Å². The average molecular weight is 292 g/mol. The standard InChI is InChI=1S/C15H11ClFNO2/c16-12-5-1-10(2-6-12)14(19)9-18-15(20)11-3-7-13(17)8-4-11/h1-8H,9H2,(H,18,20). The summed E-state index contributed by atoms with van der Waals surface area (Å²) in [5.74, 6) is -1.07. The van der Waals surface area contributed by atoms with Crippen LogP contribution in [0.1, 0.15) is 20.7 Å². The highest BCUT2D eigenvalue weighted by Gasteiger charge is 2.09. The Labute approximate surface area is 120 Å². The maximum atomic E-state index is 12.7. The Morgan fingerprint density at radius 3 is 2.10 bits per heavy atom. The fraction of sp³-hybridized carbons (Fsp3) is 0.0667. The molecule has 0 atom stereocenters. The molecule has 5 heteroatoms. The molecule has 0 aliphatic rings. The second kappa shape index (κ2) is 6.30. The van der Waals surface area contributed by atoms with E-state index in [4.69, 9.17) is 11.6 Å². The lowest BCUT2D eigenvalue weighted by Crippen LogP contribution is -2.29. The molecule has 1 N–H and O–H groups in total. The number of carbonyl (C=O) groups excluding carboxylic acids is 2. The third kappa shape index (κ3) is 3.65. The van der Waals surface area contributed by atoms with Crippen LogP contribution in [0.5, 0.6) is 0 Å². The Balaban J connectivity index is 1.94. The quantitative estimate of drug-likeness (QED) is 0.880. The highest BCUT2D eigenvalue weighted by molar-refractivity contribution is 6.30. The highest BCUT2D eigenvalue weighted by Crippen LogP contribution is 2.10. The molecule has 0 aliphatic carbocycles. The van der Waals surface area contributed by atoms with Crippen LogP contribution in [0, 0.1) is 5.82 Å². The number of amides is 1. The van der Waals surface area contributed by atoms with E-state index in [-0.39, 0.29) is 12.3 Å². The zero-order valence-corrected chi connectivity index (χ0v) is 11.2. The van der Waals surface area contributed by atoms with E-state index in [1.165, 1.54) is 24.3 Å². The topological polar surface area (TPSA) is 46.2 Å². The van der Waals surface area contributed by atoms with Crippen LogP contribution in [-0.4, -0.2) is 18.2 Å². The first-order valence-electron chi connectivity index (χ1n) is 5.89. The number of halogens is 2. The van der Waals surface area contributed by atoms with Crippen LogP contribution in [0.4, 0.5) is 4.39 Å². The third-order valence-corrected chi connectivity index (χ3v) is 2.93. The molecule has 20 heavy (non-hydrogen) atoms. The fourth-order valence-corrected chi connectivity index (χ4v) is 1.73. The van der Waals surface area contributed by atoms with E-state index in [0.29, 0.717) is 16.1 Å². The summed E-state index contributed by atoms with van der Waals surface area (Å²) in [7, 11) is 0. The summed E-state index contributed by atoms with van der Waals surface area (Å²) in [6, 6.07) is 11.5. The minimum absolute atomic E-state index is 0.127. The third-order valence-electron chi connectivity index (χ3n) is 2.68. The van der Waals surface area contributed by atoms with E-state index in [9.17, 15) is 14.0 Å². The van der Waals surface area contributed by atoms with Gasteiger partial charge in [0, 0.05) is 16.1 Å². The number of rotatable bonds is 4. The van der Waals surface area contributed by atoms with Crippen LogP contribution in [0.2, 0.25) is 5.02 Å². The summed E-state index contributed by atoms with van der Waals surface area (Å²) >= 11 is 5.73. The van der Waals surface area contributed by atoms with E-state index in [2.05, 4.69) is 5.32 Å². The summed E-state index contributed by atoms with van der Waals surface area (Å²) < 4.78 is 12.7. The van der Waals surface area contributed by atoms with Gasteiger partial charge in [0.25, 0.3) is 5.91 Å². The Morgan fingerprint density at radius 2 is 1.50 bits per heavy atom. The van der Waals surface area contributed by atoms with Crippen LogP contribution >= 0.6 is 11.6 Å². The predicted octanol–water partition coefficient (Wildman–Crippen LogP) is 3.09. The molecule has 0 bridgehead atoms. The van der Waals surface area contributed by atoms with E-state index in [1.54, 1.807) is 24.3 Å². The lowest BCUT2D eigenvalue weighted by Gasteiger charge is -2.05. The first kappa shape index (κ1) is 14.2. The fourth-order valence-electron chi connectivity index (χ4n) is 1.60. The van der Waals surface area contributed by atoms with Crippen molar-refractivity contribution >= 4 is 23.3 Å². The molecule has 0 saturated heterocycles. The van der Waals surface area contributed by atoms with Gasteiger partial charge in [-0.25, -0.2) is 4.39 Å². The lowest BCUT2D eigenvalue weighted by molar-refractivity contribution is 0.0904. The van der Waals surface area contributed by atoms with Gasteiger partial charge in [-0.05, 0) is 48.5 Å². The molecule has 0 saturated carbocycles. The van der Waals surface area contributed by atoms with Crippen LogP contribution in [-0.2, 0) is 0 Å². The van der Waals surface area contributed by atoms with Gasteiger partial charge in [0.1, 0.15) is 5.82 Å². The first-order valence-corrected chi connectivity index (χ1v) is 6.26. The maximum absolute atomic E-state index is 12.7. The summed E-state index contributed by atoms with van der Waals surface area (Å²) in [6.45, 7) is -0.127. The molecule has 0 aliphatic heterocycles. The number of carbonyl (C=O) groups is 2. The van der Waals surface area contributed by atoms with Gasteiger partial charge in [-0.2, -0.15) is 0 Å². The number of hydrogen-bond acceptors (Lipinski definition) is 2. The van der Waals surface area contributed by atoms with Crippen LogP contribution in [0.3, 0.4) is 0 Å². The minimum atomic E-state index is -0.424. The largest absolute Gasteiger partial charge is 0.345 e. The first-order chi connectivity index (χ1) is 9.56. The number of Topliss-reactive ketones (excluding diaryl/α,β-unsaturated/α-hetero) is 1. The van der Waals surface area contributed by atoms with Crippen molar-refractivity contribution in [3.05, 3.63) is 70.5 Å². The van der Waals surface area contributed by atoms with Gasteiger partial charge >= 0.3 is 0 Å². The molecule has 0 radical (unpaired) electrons. The highest BCUT2D eigenvalue weighted by atomic mass is 35.5. The Hall–Kier alpha value is -2.20. The second-order valence-corrected chi connectivity index (χ2v) is 4.56. The number of ketones is 1. The molecular formula is C15H11ClFNO2. The zero-order chi connectivity index (χ0) is 14.5. The van der Waals surface area contributed by atoms with Crippen molar-refractivity contribution in [2.45, 2.75) is 0 Å². The average Bonchev–Trinajstić information content (AvgIpc) is 2.46. The van der Waals surface area contributed by atoms with E-state index < -0.39 is 11.7 Å². The Bertz CT molecular complexity index is 566. The Kier molecular flexibility index (Phi) is 4.48. The molecule has 102 valence electrons. The minimum Gasteiger partial charge on any atom is -0.345 e. The molecule has 0 aromatic heterocycles. The van der Waals surface area contributed by atoms with Gasteiger partial charge < -0.3 is 5.32 Å². The van der Waals surface area contributed by atoms with Gasteiger partial charge in [0.15, 0.2) is 5.78 Å². The SMILES string of the molecule is O=C(CNC(=O)c1ccc(F)cc1)c1ccc(Cl)cc1. The van der Waals surface area contributed by atoms with E-state index >= 15 is 0 Å². The monoisotopic (exact) mass is 291 g/mol. The molecular weight excluding hydrogens is 281 g/mol. The molecule has 1 amide bonds. The van der Waals surface area contributed by atoms with Crippen molar-refractivity contribution in [2.24, 2.45) is 0 Å². The summed E-state index contributed by atoms with van der Waals surface area (Å²) in [5, 5.41) is 3.03. The molecule has 2 aromatic rings. The molecule has 0 unspecified atom stereocenters. The molecule has 0 fully saturated rings. The van der Waals surface area contributed by atoms with Crippen molar-refractivity contribution in [1.82, 2.24) is 5.32 Å². The smallest absolute Gasteiger partial charge is 0.251 e. The zero-order valence-electron chi connectivity index (χ0n) is 10.4. The summed E-state index contributed by atoms with van der Waals surface area (Å²) in [6.07, 6.45) is 0. The molecule has 0 heterocycles. The summed E-state index contributed by atoms with van der Waals surface area (Å²) in [4.78, 5) is 23.6. The normalized spacial score (nSPS) is 10.1. The lowest BCUT2D eigenvalue weighted by atomic mass is 10.1. The van der Waals surface area contributed by atoms with Crippen LogP contribution < -0.4 is 5.32 Å². The van der Waals surface area contributed by atoms with Crippen LogP contribution in [0.25, 0.3) is 0 Å². The predicted molar refractivity (Wildman–Crippen MR) is 74.5 cm³/mol. The van der Waals surface area contributed by atoms with Gasteiger partial charge in [-0.3, -0.25) is 9.59 Å². The Morgan fingerprint density at radius 1 is 0.950 bits per heavy atom. The van der Waals surface area contributed by atoms with Gasteiger partial charge in [-0.15, -0.1) is 0 Å². The van der Waals surface area contributed by atoms with Gasteiger partial charge in [0.05, 0.1) is 6.54 Å². The van der Waals surface area contributed by atoms with Crippen molar-refractivity contribution in [1.29, 1.82) is 0 Å². The summed E-state index contributed by atoms with van der Waals surface area (Å²) in [5.41, 5.74) is 0.768. The maximum Gasteiger partial charge on any atom is 0.251 e. The molecule has 2 rings (SSSR count). The van der Waals surface area contributed by atoms with Gasteiger partial charge in [-0.1, -0.05) is 11.6 Å². The number of benzene rings is 2.